The summed E-state index contributed by atoms with van der Waals surface area (Å²) in [4.78, 5) is 0. The van der Waals surface area contributed by atoms with Gasteiger partial charge < -0.3 is 4.74 Å². The molecule has 0 aliphatic carbocycles. The first-order chi connectivity index (χ1) is 8.90. The number of nitriles is 1. The fourth-order valence-corrected chi connectivity index (χ4v) is 1.77. The van der Waals surface area contributed by atoms with Crippen LogP contribution in [-0.4, -0.2) is 6.61 Å². The summed E-state index contributed by atoms with van der Waals surface area (Å²) in [6.07, 6.45) is 0.898. The van der Waals surface area contributed by atoms with Gasteiger partial charge in [-0.15, -0.1) is 0 Å². The predicted molar refractivity (Wildman–Crippen MR) is 71.0 cm³/mol. The summed E-state index contributed by atoms with van der Waals surface area (Å²) < 4.78 is 5.62. The van der Waals surface area contributed by atoms with Crippen molar-refractivity contribution in [1.82, 2.24) is 0 Å². The molecule has 0 radical (unpaired) electrons. The van der Waals surface area contributed by atoms with Gasteiger partial charge in [-0.3, -0.25) is 0 Å². The lowest BCUT2D eigenvalue weighted by atomic mass is 10.1. The smallest absolute Gasteiger partial charge is 0.0995 e. The predicted octanol–water partition coefficient (Wildman–Crippen LogP) is 3.32. The minimum absolute atomic E-state index is 0.497. The van der Waals surface area contributed by atoms with Crippen LogP contribution in [0.25, 0.3) is 0 Å². The van der Waals surface area contributed by atoms with E-state index in [0.29, 0.717) is 18.8 Å². The van der Waals surface area contributed by atoms with Crippen LogP contribution in [0.2, 0.25) is 0 Å². The van der Waals surface area contributed by atoms with Crippen LogP contribution in [0.1, 0.15) is 16.7 Å². The van der Waals surface area contributed by atoms with Gasteiger partial charge in [0.05, 0.1) is 24.8 Å². The highest BCUT2D eigenvalue weighted by atomic mass is 16.5. The van der Waals surface area contributed by atoms with Gasteiger partial charge in [-0.25, -0.2) is 0 Å². The van der Waals surface area contributed by atoms with Gasteiger partial charge in [-0.05, 0) is 23.6 Å². The Bertz CT molecular complexity index is 528. The molecule has 2 nitrogen and oxygen atoms in total. The van der Waals surface area contributed by atoms with Crippen molar-refractivity contribution in [3.8, 4) is 6.07 Å². The maximum Gasteiger partial charge on any atom is 0.0995 e. The Morgan fingerprint density at radius 3 is 2.44 bits per heavy atom. The summed E-state index contributed by atoms with van der Waals surface area (Å²) in [7, 11) is 0. The quantitative estimate of drug-likeness (QED) is 0.747. The van der Waals surface area contributed by atoms with Crippen molar-refractivity contribution < 1.29 is 4.74 Å². The second kappa shape index (κ2) is 6.58. The zero-order valence-corrected chi connectivity index (χ0v) is 10.2. The van der Waals surface area contributed by atoms with Crippen molar-refractivity contribution in [2.45, 2.75) is 13.0 Å². The van der Waals surface area contributed by atoms with Crippen LogP contribution in [0.4, 0.5) is 0 Å². The average molecular weight is 237 g/mol. The molecule has 0 amide bonds. The van der Waals surface area contributed by atoms with E-state index < -0.39 is 0 Å². The molecule has 0 fully saturated rings. The van der Waals surface area contributed by atoms with Gasteiger partial charge in [-0.1, -0.05) is 48.5 Å². The molecule has 0 aliphatic rings. The van der Waals surface area contributed by atoms with Gasteiger partial charge in [-0.2, -0.15) is 5.26 Å². The van der Waals surface area contributed by atoms with Crippen molar-refractivity contribution in [2.75, 3.05) is 6.61 Å². The average Bonchev–Trinajstić information content (AvgIpc) is 2.45. The molecular weight excluding hydrogens is 222 g/mol. The van der Waals surface area contributed by atoms with Gasteiger partial charge in [0.2, 0.25) is 0 Å². The summed E-state index contributed by atoms with van der Waals surface area (Å²) >= 11 is 0. The van der Waals surface area contributed by atoms with Crippen molar-refractivity contribution in [3.05, 3.63) is 71.3 Å². The largest absolute Gasteiger partial charge is 0.376 e. The Morgan fingerprint density at radius 1 is 0.944 bits per heavy atom. The summed E-state index contributed by atoms with van der Waals surface area (Å²) in [6.45, 7) is 1.17. The second-order valence-electron chi connectivity index (χ2n) is 4.06. The van der Waals surface area contributed by atoms with Gasteiger partial charge in [0.15, 0.2) is 0 Å². The molecule has 0 saturated heterocycles. The minimum atomic E-state index is 0.497. The van der Waals surface area contributed by atoms with E-state index in [1.807, 2.05) is 42.5 Å². The number of hydrogen-bond acceptors (Lipinski definition) is 2. The fraction of sp³-hybridized carbons (Fsp3) is 0.188. The maximum atomic E-state index is 8.95. The van der Waals surface area contributed by atoms with Crippen molar-refractivity contribution >= 4 is 0 Å². The molecule has 2 heteroatoms. The van der Waals surface area contributed by atoms with Crippen molar-refractivity contribution in [3.63, 3.8) is 0 Å². The van der Waals surface area contributed by atoms with Crippen molar-refractivity contribution in [2.24, 2.45) is 0 Å². The third-order valence-corrected chi connectivity index (χ3v) is 2.77. The second-order valence-corrected chi connectivity index (χ2v) is 4.06. The van der Waals surface area contributed by atoms with Crippen LogP contribution in [0.15, 0.2) is 54.6 Å². The van der Waals surface area contributed by atoms with E-state index in [-0.39, 0.29) is 0 Å². The van der Waals surface area contributed by atoms with Crippen LogP contribution >= 0.6 is 0 Å². The Labute approximate surface area is 107 Å². The van der Waals surface area contributed by atoms with E-state index in [4.69, 9.17) is 10.00 Å². The topological polar surface area (TPSA) is 33.0 Å². The molecule has 0 heterocycles. The first-order valence-electron chi connectivity index (χ1n) is 6.00. The molecule has 2 aromatic rings. The molecule has 0 unspecified atom stereocenters. The molecule has 0 N–H and O–H groups in total. The summed E-state index contributed by atoms with van der Waals surface area (Å²) in [5, 5.41) is 8.95. The van der Waals surface area contributed by atoms with E-state index in [2.05, 4.69) is 18.2 Å². The van der Waals surface area contributed by atoms with E-state index >= 15 is 0 Å². The fourth-order valence-electron chi connectivity index (χ4n) is 1.77. The SMILES string of the molecule is N#Cc1ccccc1COCCc1ccccc1. The Kier molecular flexibility index (Phi) is 4.52. The lowest BCUT2D eigenvalue weighted by molar-refractivity contribution is 0.123. The summed E-state index contributed by atoms with van der Waals surface area (Å²) in [6, 6.07) is 20.0. The van der Waals surface area contributed by atoms with Crippen LogP contribution in [0.5, 0.6) is 0 Å². The highest BCUT2D eigenvalue weighted by Crippen LogP contribution is 2.09. The molecule has 0 bridgehead atoms. The van der Waals surface area contributed by atoms with Crippen LogP contribution in [0, 0.1) is 11.3 Å². The minimum Gasteiger partial charge on any atom is -0.376 e. The molecule has 2 rings (SSSR count). The summed E-state index contributed by atoms with van der Waals surface area (Å²) in [5.74, 6) is 0. The van der Waals surface area contributed by atoms with E-state index in [1.165, 1.54) is 5.56 Å². The number of ether oxygens (including phenoxy) is 1. The highest BCUT2D eigenvalue weighted by molar-refractivity contribution is 5.36. The number of hydrogen-bond donors (Lipinski definition) is 0. The number of benzene rings is 2. The molecule has 0 saturated carbocycles. The van der Waals surface area contributed by atoms with Gasteiger partial charge in [0.1, 0.15) is 0 Å². The lowest BCUT2D eigenvalue weighted by Crippen LogP contribution is -2.00. The van der Waals surface area contributed by atoms with Crippen LogP contribution in [0.3, 0.4) is 0 Å². The Balaban J connectivity index is 1.81. The molecule has 0 spiro atoms. The third-order valence-electron chi connectivity index (χ3n) is 2.77. The zero-order chi connectivity index (χ0) is 12.6. The molecular formula is C16H15NO. The molecule has 0 aromatic heterocycles. The standard InChI is InChI=1S/C16H15NO/c17-12-15-8-4-5-9-16(15)13-18-11-10-14-6-2-1-3-7-14/h1-9H,10-11,13H2. The third kappa shape index (κ3) is 3.44. The van der Waals surface area contributed by atoms with Gasteiger partial charge >= 0.3 is 0 Å². The van der Waals surface area contributed by atoms with Crippen LogP contribution in [-0.2, 0) is 17.8 Å². The van der Waals surface area contributed by atoms with E-state index in [0.717, 1.165) is 12.0 Å². The van der Waals surface area contributed by atoms with Gasteiger partial charge in [0.25, 0.3) is 0 Å². The number of nitrogens with zero attached hydrogens (tertiary/aromatic N) is 1. The highest BCUT2D eigenvalue weighted by Gasteiger charge is 2.00. The monoisotopic (exact) mass is 237 g/mol. The molecule has 90 valence electrons. The summed E-state index contributed by atoms with van der Waals surface area (Å²) in [5.41, 5.74) is 2.91. The molecule has 2 aromatic carbocycles. The maximum absolute atomic E-state index is 8.95. The first-order valence-corrected chi connectivity index (χ1v) is 6.00. The molecule has 0 aliphatic heterocycles. The van der Waals surface area contributed by atoms with E-state index in [1.54, 1.807) is 0 Å². The Hall–Kier alpha value is -2.11. The normalized spacial score (nSPS) is 9.94. The lowest BCUT2D eigenvalue weighted by Gasteiger charge is -2.06. The zero-order valence-electron chi connectivity index (χ0n) is 10.2. The first kappa shape index (κ1) is 12.3. The number of rotatable bonds is 5. The van der Waals surface area contributed by atoms with Crippen molar-refractivity contribution in [1.29, 1.82) is 5.26 Å². The Morgan fingerprint density at radius 2 is 1.67 bits per heavy atom. The van der Waals surface area contributed by atoms with Gasteiger partial charge in [0, 0.05) is 0 Å². The van der Waals surface area contributed by atoms with E-state index in [9.17, 15) is 0 Å². The van der Waals surface area contributed by atoms with Crippen LogP contribution < -0.4 is 0 Å². The molecule has 18 heavy (non-hydrogen) atoms. The molecule has 0 atom stereocenters.